The van der Waals surface area contributed by atoms with Gasteiger partial charge < -0.3 is 15.0 Å². The summed E-state index contributed by atoms with van der Waals surface area (Å²) in [5, 5.41) is 14.6. The molecule has 0 bridgehead atoms. The molecule has 0 saturated carbocycles. The molecule has 1 aliphatic rings. The first-order chi connectivity index (χ1) is 18.0. The normalized spacial score (nSPS) is 14.1. The third-order valence-electron chi connectivity index (χ3n) is 6.10. The van der Waals surface area contributed by atoms with E-state index in [1.54, 1.807) is 12.1 Å². The van der Waals surface area contributed by atoms with Gasteiger partial charge in [-0.05, 0) is 52.8 Å². The molecule has 0 atom stereocenters. The van der Waals surface area contributed by atoms with Gasteiger partial charge in [-0.25, -0.2) is 27.3 Å². The topological polar surface area (TPSA) is 111 Å². The number of anilines is 2. The monoisotopic (exact) mass is 509 g/mol. The first kappa shape index (κ1) is 22.9. The van der Waals surface area contributed by atoms with Crippen molar-refractivity contribution in [3.63, 3.8) is 0 Å². The van der Waals surface area contributed by atoms with Crippen LogP contribution in [-0.4, -0.2) is 57.1 Å². The summed E-state index contributed by atoms with van der Waals surface area (Å²) >= 11 is 0. The van der Waals surface area contributed by atoms with E-state index in [2.05, 4.69) is 30.6 Å². The molecule has 6 rings (SSSR count). The van der Waals surface area contributed by atoms with Crippen LogP contribution in [0, 0.1) is 5.82 Å². The predicted molar refractivity (Wildman–Crippen MR) is 126 cm³/mol. The van der Waals surface area contributed by atoms with Gasteiger partial charge in [0.2, 0.25) is 0 Å². The van der Waals surface area contributed by atoms with Crippen LogP contribution in [-0.2, 0) is 4.74 Å². The van der Waals surface area contributed by atoms with Crippen molar-refractivity contribution in [2.24, 2.45) is 0 Å². The lowest BCUT2D eigenvalue weighted by molar-refractivity contribution is 0.102. The van der Waals surface area contributed by atoms with Gasteiger partial charge in [0.1, 0.15) is 17.1 Å². The molecule has 188 valence electrons. The number of rotatable bonds is 5. The zero-order valence-electron chi connectivity index (χ0n) is 19.1. The average molecular weight is 509 g/mol. The number of hydrogen-bond acceptors (Lipinski definition) is 8. The molecule has 0 aliphatic carbocycles. The SMILES string of the molecule is O=C(Nc1ccc(N2CCOCC2)c2nonc12)c1cnn2c(C(F)F)cc(-c3ccc(F)cc3)nc12. The van der Waals surface area contributed by atoms with Gasteiger partial charge in [-0.1, -0.05) is 0 Å². The molecule has 4 heterocycles. The van der Waals surface area contributed by atoms with Crippen molar-refractivity contribution in [2.75, 3.05) is 36.5 Å². The van der Waals surface area contributed by atoms with E-state index in [0.717, 1.165) is 16.3 Å². The van der Waals surface area contributed by atoms with E-state index in [0.29, 0.717) is 48.6 Å². The van der Waals surface area contributed by atoms with Crippen molar-refractivity contribution < 1.29 is 27.3 Å². The number of nitrogens with zero attached hydrogens (tertiary/aromatic N) is 6. The van der Waals surface area contributed by atoms with Crippen LogP contribution >= 0.6 is 0 Å². The first-order valence-corrected chi connectivity index (χ1v) is 11.3. The van der Waals surface area contributed by atoms with Crippen LogP contribution in [0.3, 0.4) is 0 Å². The fourth-order valence-corrected chi connectivity index (χ4v) is 4.27. The molecule has 0 spiro atoms. The Kier molecular flexibility index (Phi) is 5.68. The number of amides is 1. The fourth-order valence-electron chi connectivity index (χ4n) is 4.27. The molecular weight excluding hydrogens is 491 g/mol. The minimum Gasteiger partial charge on any atom is -0.378 e. The quantitative estimate of drug-likeness (QED) is 0.377. The molecule has 5 aromatic rings. The van der Waals surface area contributed by atoms with Crippen LogP contribution in [0.4, 0.5) is 24.5 Å². The van der Waals surface area contributed by atoms with Gasteiger partial charge in [-0.2, -0.15) is 5.10 Å². The van der Waals surface area contributed by atoms with Gasteiger partial charge in [-0.3, -0.25) is 4.79 Å². The van der Waals surface area contributed by atoms with Crippen LogP contribution < -0.4 is 10.2 Å². The van der Waals surface area contributed by atoms with Crippen molar-refractivity contribution in [3.05, 3.63) is 65.7 Å². The third-order valence-corrected chi connectivity index (χ3v) is 6.10. The highest BCUT2D eigenvalue weighted by atomic mass is 19.3. The van der Waals surface area contributed by atoms with E-state index >= 15 is 0 Å². The van der Waals surface area contributed by atoms with E-state index in [-0.39, 0.29) is 16.9 Å². The minimum absolute atomic E-state index is 0.0345. The lowest BCUT2D eigenvalue weighted by Crippen LogP contribution is -2.36. The number of ether oxygens (including phenoxy) is 1. The van der Waals surface area contributed by atoms with Crippen molar-refractivity contribution in [3.8, 4) is 11.3 Å². The Labute approximate surface area is 206 Å². The summed E-state index contributed by atoms with van der Waals surface area (Å²) in [6.45, 7) is 2.50. The number of hydrogen-bond donors (Lipinski definition) is 1. The van der Waals surface area contributed by atoms with Crippen LogP contribution in [0.25, 0.3) is 27.9 Å². The second-order valence-electron chi connectivity index (χ2n) is 8.31. The lowest BCUT2D eigenvalue weighted by Gasteiger charge is -2.28. The lowest BCUT2D eigenvalue weighted by atomic mass is 10.1. The molecule has 13 heteroatoms. The number of halogens is 3. The van der Waals surface area contributed by atoms with Crippen LogP contribution in [0.1, 0.15) is 22.5 Å². The standard InChI is InChI=1S/C24H18F3N7O3/c25-14-3-1-13(2-4-14)17-11-19(22(26)27)34-23(29-17)15(12-28-34)24(35)30-16-5-6-18(21-20(16)31-37-32-21)33-7-9-36-10-8-33/h1-6,11-12,22H,7-10H2,(H,30,35). The number of nitrogens with one attached hydrogen (secondary N) is 1. The molecule has 1 saturated heterocycles. The number of morpholine rings is 1. The third kappa shape index (κ3) is 4.12. The smallest absolute Gasteiger partial charge is 0.280 e. The molecule has 3 aromatic heterocycles. The van der Waals surface area contributed by atoms with Gasteiger partial charge in [-0.15, -0.1) is 0 Å². The Morgan fingerprint density at radius 3 is 2.54 bits per heavy atom. The summed E-state index contributed by atoms with van der Waals surface area (Å²) in [5.41, 5.74) is 1.91. The molecule has 1 aliphatic heterocycles. The zero-order chi connectivity index (χ0) is 25.5. The van der Waals surface area contributed by atoms with Crippen molar-refractivity contribution >= 4 is 34.0 Å². The highest BCUT2D eigenvalue weighted by molar-refractivity contribution is 6.12. The number of carbonyl (C=O) groups is 1. The van der Waals surface area contributed by atoms with E-state index < -0.39 is 23.8 Å². The zero-order valence-corrected chi connectivity index (χ0v) is 19.1. The Balaban J connectivity index is 1.38. The Hall–Kier alpha value is -4.52. The maximum absolute atomic E-state index is 13.9. The van der Waals surface area contributed by atoms with Crippen molar-refractivity contribution in [1.82, 2.24) is 24.9 Å². The van der Waals surface area contributed by atoms with Crippen molar-refractivity contribution in [1.29, 1.82) is 0 Å². The number of carbonyl (C=O) groups excluding carboxylic acids is 1. The van der Waals surface area contributed by atoms with Gasteiger partial charge in [0.05, 0.1) is 36.5 Å². The molecular formula is C24H18F3N7O3. The fraction of sp³-hybridized carbons (Fsp3) is 0.208. The average Bonchev–Trinajstić information content (AvgIpc) is 3.57. The summed E-state index contributed by atoms with van der Waals surface area (Å²) in [6.07, 6.45) is -1.73. The Morgan fingerprint density at radius 1 is 1.03 bits per heavy atom. The highest BCUT2D eigenvalue weighted by Gasteiger charge is 2.24. The number of benzene rings is 2. The summed E-state index contributed by atoms with van der Waals surface area (Å²) < 4.78 is 52.4. The van der Waals surface area contributed by atoms with Crippen molar-refractivity contribution in [2.45, 2.75) is 6.43 Å². The van der Waals surface area contributed by atoms with Crippen LogP contribution in [0.15, 0.2) is 53.3 Å². The summed E-state index contributed by atoms with van der Waals surface area (Å²) in [6, 6.07) is 9.87. The molecule has 37 heavy (non-hydrogen) atoms. The Morgan fingerprint density at radius 2 is 1.78 bits per heavy atom. The van der Waals surface area contributed by atoms with E-state index in [9.17, 15) is 18.0 Å². The summed E-state index contributed by atoms with van der Waals surface area (Å²) in [4.78, 5) is 19.7. The number of fused-ring (bicyclic) bond motifs is 2. The number of aromatic nitrogens is 5. The second-order valence-corrected chi connectivity index (χ2v) is 8.31. The Bertz CT molecular complexity index is 1610. The molecule has 1 N–H and O–H groups in total. The molecule has 2 aromatic carbocycles. The number of alkyl halides is 2. The second kappa shape index (κ2) is 9.17. The highest BCUT2D eigenvalue weighted by Crippen LogP contribution is 2.32. The predicted octanol–water partition coefficient (Wildman–Crippen LogP) is 4.10. The van der Waals surface area contributed by atoms with Crippen LogP contribution in [0.2, 0.25) is 0 Å². The largest absolute Gasteiger partial charge is 0.378 e. The van der Waals surface area contributed by atoms with Gasteiger partial charge in [0.25, 0.3) is 12.3 Å². The molecule has 10 nitrogen and oxygen atoms in total. The first-order valence-electron chi connectivity index (χ1n) is 11.3. The van der Waals surface area contributed by atoms with E-state index in [1.165, 1.54) is 30.5 Å². The van der Waals surface area contributed by atoms with E-state index in [4.69, 9.17) is 9.37 Å². The molecule has 0 unspecified atom stereocenters. The molecule has 1 amide bonds. The van der Waals surface area contributed by atoms with Gasteiger partial charge in [0.15, 0.2) is 16.7 Å². The van der Waals surface area contributed by atoms with Crippen LogP contribution in [0.5, 0.6) is 0 Å². The summed E-state index contributed by atoms with van der Waals surface area (Å²) in [5.74, 6) is -1.11. The minimum atomic E-state index is -2.89. The maximum Gasteiger partial charge on any atom is 0.280 e. The molecule has 0 radical (unpaired) electrons. The molecule has 1 fully saturated rings. The summed E-state index contributed by atoms with van der Waals surface area (Å²) in [7, 11) is 0. The van der Waals surface area contributed by atoms with Gasteiger partial charge in [0, 0.05) is 18.7 Å². The maximum atomic E-state index is 13.9. The van der Waals surface area contributed by atoms with Gasteiger partial charge >= 0.3 is 0 Å². The van der Waals surface area contributed by atoms with E-state index in [1.807, 2.05) is 0 Å².